The van der Waals surface area contributed by atoms with E-state index in [1.165, 1.54) is 0 Å². The molecule has 0 fully saturated rings. The van der Waals surface area contributed by atoms with Crippen molar-refractivity contribution in [3.05, 3.63) is 35.4 Å². The summed E-state index contributed by atoms with van der Waals surface area (Å²) in [5, 5.41) is 3.41. The van der Waals surface area contributed by atoms with E-state index in [0.717, 1.165) is 22.9 Å². The van der Waals surface area contributed by atoms with Crippen molar-refractivity contribution < 1.29 is 17.9 Å². The number of hydrogen-bond donors (Lipinski definition) is 1. The highest BCUT2D eigenvalue weighted by molar-refractivity contribution is 5.94. The van der Waals surface area contributed by atoms with Gasteiger partial charge in [0.2, 0.25) is 5.88 Å². The Balaban J connectivity index is 2.30. The number of aromatic nitrogens is 1. The Morgan fingerprint density at radius 2 is 1.92 bits per heavy atom. The maximum atomic E-state index is 13.5. The Kier molecular flexibility index (Phi) is 3.73. The predicted molar refractivity (Wildman–Crippen MR) is 89.3 cm³/mol. The number of benzene rings is 1. The highest BCUT2D eigenvalue weighted by Crippen LogP contribution is 2.41. The van der Waals surface area contributed by atoms with Crippen molar-refractivity contribution in [1.29, 1.82) is 0 Å². The third kappa shape index (κ3) is 2.92. The largest absolute Gasteiger partial charge is 0.478 e. The van der Waals surface area contributed by atoms with Crippen LogP contribution in [0.4, 0.5) is 18.9 Å². The molecule has 0 bridgehead atoms. The van der Waals surface area contributed by atoms with Crippen LogP contribution in [0.2, 0.25) is 0 Å². The summed E-state index contributed by atoms with van der Waals surface area (Å²) in [5.41, 5.74) is 1.76. The molecule has 3 rings (SSSR count). The summed E-state index contributed by atoms with van der Waals surface area (Å²) in [4.78, 5) is 4.24. The number of hydrogen-bond acceptors (Lipinski definition) is 3. The first-order valence-corrected chi connectivity index (χ1v) is 7.77. The molecule has 24 heavy (non-hydrogen) atoms. The zero-order valence-electron chi connectivity index (χ0n) is 14.0. The standard InChI is InChI=1S/C18H19F3N2O/c1-5-24-16-7-13(18(19,20)21)12-6-11-10(2)9-17(3,4)23-15(11)8-14(12)22-16/h6-9,23H,5H2,1-4H3. The van der Waals surface area contributed by atoms with Gasteiger partial charge >= 0.3 is 6.18 Å². The van der Waals surface area contributed by atoms with Crippen LogP contribution >= 0.6 is 0 Å². The molecule has 2 aromatic rings. The lowest BCUT2D eigenvalue weighted by molar-refractivity contribution is -0.136. The van der Waals surface area contributed by atoms with E-state index in [-0.39, 0.29) is 28.9 Å². The Hall–Kier alpha value is -2.24. The second-order valence-electron chi connectivity index (χ2n) is 6.53. The number of anilines is 1. The summed E-state index contributed by atoms with van der Waals surface area (Å²) in [6, 6.07) is 4.20. The molecular formula is C18H19F3N2O. The highest BCUT2D eigenvalue weighted by atomic mass is 19.4. The molecule has 0 saturated heterocycles. The minimum Gasteiger partial charge on any atom is -0.478 e. The van der Waals surface area contributed by atoms with Gasteiger partial charge < -0.3 is 10.1 Å². The molecule has 0 spiro atoms. The fourth-order valence-electron chi connectivity index (χ4n) is 3.14. The second-order valence-corrected chi connectivity index (χ2v) is 6.53. The molecule has 1 aromatic carbocycles. The Labute approximate surface area is 138 Å². The molecule has 2 heterocycles. The fourth-order valence-corrected chi connectivity index (χ4v) is 3.14. The number of fused-ring (bicyclic) bond motifs is 2. The maximum Gasteiger partial charge on any atom is 0.417 e. The average Bonchev–Trinajstić information content (AvgIpc) is 2.43. The van der Waals surface area contributed by atoms with Crippen molar-refractivity contribution in [3.63, 3.8) is 0 Å². The first-order valence-electron chi connectivity index (χ1n) is 7.77. The smallest absolute Gasteiger partial charge is 0.417 e. The van der Waals surface area contributed by atoms with E-state index in [0.29, 0.717) is 0 Å². The molecule has 3 nitrogen and oxygen atoms in total. The molecule has 0 aliphatic carbocycles. The van der Waals surface area contributed by atoms with Crippen molar-refractivity contribution in [3.8, 4) is 5.88 Å². The Morgan fingerprint density at radius 1 is 1.21 bits per heavy atom. The Morgan fingerprint density at radius 3 is 2.54 bits per heavy atom. The van der Waals surface area contributed by atoms with E-state index in [2.05, 4.69) is 10.3 Å². The van der Waals surface area contributed by atoms with Crippen molar-refractivity contribution in [2.75, 3.05) is 11.9 Å². The molecular weight excluding hydrogens is 317 g/mol. The van der Waals surface area contributed by atoms with Gasteiger partial charge in [0.1, 0.15) is 0 Å². The summed E-state index contributed by atoms with van der Waals surface area (Å²) in [6.45, 7) is 7.89. The number of halogens is 3. The van der Waals surface area contributed by atoms with Crippen LogP contribution in [0.5, 0.6) is 5.88 Å². The van der Waals surface area contributed by atoms with Crippen LogP contribution in [-0.2, 0) is 6.18 Å². The number of nitrogens with zero attached hydrogens (tertiary/aromatic N) is 1. The van der Waals surface area contributed by atoms with Gasteiger partial charge in [0.15, 0.2) is 0 Å². The molecule has 1 aliphatic heterocycles. The molecule has 128 valence electrons. The first kappa shape index (κ1) is 16.6. The van der Waals surface area contributed by atoms with Gasteiger partial charge in [-0.1, -0.05) is 6.08 Å². The summed E-state index contributed by atoms with van der Waals surface area (Å²) in [5.74, 6) is -0.0143. The summed E-state index contributed by atoms with van der Waals surface area (Å²) in [7, 11) is 0. The molecule has 1 aliphatic rings. The normalized spacial score (nSPS) is 16.4. The van der Waals surface area contributed by atoms with Crippen LogP contribution in [0.15, 0.2) is 24.3 Å². The quantitative estimate of drug-likeness (QED) is 0.812. The number of nitrogens with one attached hydrogen (secondary N) is 1. The number of allylic oxidation sites excluding steroid dienone is 1. The minimum absolute atomic E-state index is 0.0143. The van der Waals surface area contributed by atoms with Gasteiger partial charge in [-0.05, 0) is 45.4 Å². The molecule has 0 amide bonds. The number of ether oxygens (including phenoxy) is 1. The maximum absolute atomic E-state index is 13.5. The third-order valence-electron chi connectivity index (χ3n) is 3.98. The highest BCUT2D eigenvalue weighted by Gasteiger charge is 2.34. The zero-order valence-corrected chi connectivity index (χ0v) is 14.0. The number of alkyl halides is 3. The number of pyridine rings is 1. The van der Waals surface area contributed by atoms with E-state index in [9.17, 15) is 13.2 Å². The predicted octanol–water partition coefficient (Wildman–Crippen LogP) is 5.26. The van der Waals surface area contributed by atoms with Gasteiger partial charge in [-0.2, -0.15) is 13.2 Å². The first-order chi connectivity index (χ1) is 11.1. The molecule has 0 saturated carbocycles. The van der Waals surface area contributed by atoms with E-state index >= 15 is 0 Å². The average molecular weight is 336 g/mol. The van der Waals surface area contributed by atoms with Crippen molar-refractivity contribution in [2.24, 2.45) is 0 Å². The second kappa shape index (κ2) is 5.40. The lowest BCUT2D eigenvalue weighted by atomic mass is 9.90. The molecule has 0 atom stereocenters. The molecule has 1 N–H and O–H groups in total. The fraction of sp³-hybridized carbons (Fsp3) is 0.389. The van der Waals surface area contributed by atoms with Crippen molar-refractivity contribution >= 4 is 22.2 Å². The van der Waals surface area contributed by atoms with Crippen LogP contribution in [0.3, 0.4) is 0 Å². The lowest BCUT2D eigenvalue weighted by Crippen LogP contribution is -2.31. The minimum atomic E-state index is -4.47. The van der Waals surface area contributed by atoms with Gasteiger partial charge in [0, 0.05) is 22.7 Å². The van der Waals surface area contributed by atoms with Crippen molar-refractivity contribution in [2.45, 2.75) is 39.4 Å². The SMILES string of the molecule is CCOc1cc(C(F)(F)F)c2cc3c(cc2n1)NC(C)(C)C=C3C. The van der Waals surface area contributed by atoms with Crippen LogP contribution < -0.4 is 10.1 Å². The topological polar surface area (TPSA) is 34.1 Å². The van der Waals surface area contributed by atoms with Gasteiger partial charge in [-0.25, -0.2) is 4.98 Å². The van der Waals surface area contributed by atoms with E-state index in [1.54, 1.807) is 19.1 Å². The van der Waals surface area contributed by atoms with Gasteiger partial charge in [0.25, 0.3) is 0 Å². The third-order valence-corrected chi connectivity index (χ3v) is 3.98. The van der Waals surface area contributed by atoms with E-state index in [4.69, 9.17) is 4.74 Å². The van der Waals surface area contributed by atoms with Gasteiger partial charge in [0.05, 0.1) is 23.2 Å². The monoisotopic (exact) mass is 336 g/mol. The molecule has 0 unspecified atom stereocenters. The zero-order chi connectivity index (χ0) is 17.7. The molecule has 6 heteroatoms. The van der Waals surface area contributed by atoms with Crippen LogP contribution in [0.1, 0.15) is 38.8 Å². The lowest BCUT2D eigenvalue weighted by Gasteiger charge is -2.31. The molecule has 0 radical (unpaired) electrons. The summed E-state index contributed by atoms with van der Waals surface area (Å²) in [6.07, 6.45) is -2.46. The van der Waals surface area contributed by atoms with Gasteiger partial charge in [-0.3, -0.25) is 0 Å². The van der Waals surface area contributed by atoms with E-state index in [1.807, 2.05) is 26.8 Å². The summed E-state index contributed by atoms with van der Waals surface area (Å²) < 4.78 is 45.6. The van der Waals surface area contributed by atoms with E-state index < -0.39 is 11.7 Å². The van der Waals surface area contributed by atoms with Crippen LogP contribution in [-0.4, -0.2) is 17.1 Å². The number of rotatable bonds is 2. The van der Waals surface area contributed by atoms with Crippen molar-refractivity contribution in [1.82, 2.24) is 4.98 Å². The molecule has 1 aromatic heterocycles. The Bertz CT molecular complexity index is 838. The van der Waals surface area contributed by atoms with Gasteiger partial charge in [-0.15, -0.1) is 0 Å². The summed E-state index contributed by atoms with van der Waals surface area (Å²) >= 11 is 0. The van der Waals surface area contributed by atoms with Crippen LogP contribution in [0.25, 0.3) is 16.5 Å². The van der Waals surface area contributed by atoms with Crippen LogP contribution in [0, 0.1) is 0 Å².